The van der Waals surface area contributed by atoms with Crippen LogP contribution >= 0.6 is 0 Å². The van der Waals surface area contributed by atoms with Crippen molar-refractivity contribution in [3.63, 3.8) is 0 Å². The maximum atomic E-state index is 12.3. The van der Waals surface area contributed by atoms with Crippen LogP contribution in [-0.2, 0) is 22.9 Å². The summed E-state index contributed by atoms with van der Waals surface area (Å²) in [5.74, 6) is 0.950. The maximum absolute atomic E-state index is 12.3. The van der Waals surface area contributed by atoms with E-state index in [1.807, 2.05) is 42.5 Å². The van der Waals surface area contributed by atoms with Crippen LogP contribution in [0.4, 0.5) is 17.3 Å². The van der Waals surface area contributed by atoms with E-state index >= 15 is 0 Å². The number of nitrogens with one attached hydrogen (secondary N) is 1. The third-order valence-corrected chi connectivity index (χ3v) is 5.84. The lowest BCUT2D eigenvalue weighted by Crippen LogP contribution is -2.20. The highest BCUT2D eigenvalue weighted by Gasteiger charge is 2.21. The van der Waals surface area contributed by atoms with Crippen molar-refractivity contribution in [2.45, 2.75) is 12.8 Å². The molecule has 0 saturated heterocycles. The van der Waals surface area contributed by atoms with Crippen molar-refractivity contribution in [3.05, 3.63) is 77.9 Å². The molecule has 1 aromatic heterocycles. The third kappa shape index (κ3) is 4.09. The minimum Gasteiger partial charge on any atom is -0.324 e. The molecule has 1 aliphatic heterocycles. The van der Waals surface area contributed by atoms with Crippen LogP contribution in [0.2, 0.25) is 0 Å². The van der Waals surface area contributed by atoms with E-state index in [-0.39, 0.29) is 11.6 Å². The second-order valence-corrected chi connectivity index (χ2v) is 8.31. The predicted molar refractivity (Wildman–Crippen MR) is 107 cm³/mol. The molecular formula is C20H20N4O2S. The summed E-state index contributed by atoms with van der Waals surface area (Å²) < 4.78 is 27.1. The van der Waals surface area contributed by atoms with Crippen LogP contribution in [0, 0.1) is 0 Å². The Morgan fingerprint density at radius 2 is 1.70 bits per heavy atom. The number of nitrogens with zero attached hydrogens (tertiary/aromatic N) is 3. The molecule has 0 spiro atoms. The monoisotopic (exact) mass is 380 g/mol. The Kier molecular flexibility index (Phi) is 4.77. The first kappa shape index (κ1) is 17.5. The average Bonchev–Trinajstić information content (AvgIpc) is 3.12. The molecule has 4 rings (SSSR count). The zero-order valence-electron chi connectivity index (χ0n) is 14.7. The zero-order chi connectivity index (χ0) is 18.7. The highest BCUT2D eigenvalue weighted by molar-refractivity contribution is 7.92. The molecule has 6 nitrogen and oxygen atoms in total. The summed E-state index contributed by atoms with van der Waals surface area (Å²) in [5, 5.41) is 8.27. The van der Waals surface area contributed by atoms with Gasteiger partial charge in [0.2, 0.25) is 10.0 Å². The molecule has 0 atom stereocenters. The van der Waals surface area contributed by atoms with E-state index in [9.17, 15) is 8.42 Å². The molecule has 1 N–H and O–H groups in total. The predicted octanol–water partition coefficient (Wildman–Crippen LogP) is 3.16. The summed E-state index contributed by atoms with van der Waals surface area (Å²) in [4.78, 5) is 2.09. The van der Waals surface area contributed by atoms with E-state index in [0.717, 1.165) is 24.2 Å². The fourth-order valence-electron chi connectivity index (χ4n) is 3.21. The van der Waals surface area contributed by atoms with Gasteiger partial charge in [0, 0.05) is 12.2 Å². The van der Waals surface area contributed by atoms with Crippen LogP contribution in [0.15, 0.2) is 66.7 Å². The summed E-state index contributed by atoms with van der Waals surface area (Å²) >= 11 is 0. The van der Waals surface area contributed by atoms with Gasteiger partial charge in [0.15, 0.2) is 11.6 Å². The molecule has 7 heteroatoms. The Balaban J connectivity index is 1.42. The van der Waals surface area contributed by atoms with Crippen molar-refractivity contribution >= 4 is 27.3 Å². The summed E-state index contributed by atoms with van der Waals surface area (Å²) in [6, 6.07) is 21.2. The van der Waals surface area contributed by atoms with Crippen molar-refractivity contribution in [1.29, 1.82) is 0 Å². The van der Waals surface area contributed by atoms with Crippen LogP contribution in [0.25, 0.3) is 0 Å². The van der Waals surface area contributed by atoms with Crippen molar-refractivity contribution < 1.29 is 8.42 Å². The SMILES string of the molecule is O=S(=O)(CCc1ccccc1)Nc1ccc(N2CCc3ccccc32)nn1. The molecular weight excluding hydrogens is 360 g/mol. The number of benzene rings is 2. The van der Waals surface area contributed by atoms with Gasteiger partial charge >= 0.3 is 0 Å². The third-order valence-electron chi connectivity index (χ3n) is 4.58. The second-order valence-electron chi connectivity index (χ2n) is 6.46. The highest BCUT2D eigenvalue weighted by Crippen LogP contribution is 2.32. The molecule has 0 fully saturated rings. The van der Waals surface area contributed by atoms with Crippen molar-refractivity contribution in [2.24, 2.45) is 0 Å². The zero-order valence-corrected chi connectivity index (χ0v) is 15.6. The van der Waals surface area contributed by atoms with Gasteiger partial charge in [-0.3, -0.25) is 4.72 Å². The first-order chi connectivity index (χ1) is 13.1. The smallest absolute Gasteiger partial charge is 0.234 e. The van der Waals surface area contributed by atoms with E-state index in [1.54, 1.807) is 12.1 Å². The minimum absolute atomic E-state index is 0.0000545. The molecule has 0 unspecified atom stereocenters. The molecule has 2 aromatic carbocycles. The van der Waals surface area contributed by atoms with E-state index in [1.165, 1.54) is 5.56 Å². The van der Waals surface area contributed by atoms with Crippen molar-refractivity contribution in [1.82, 2.24) is 10.2 Å². The highest BCUT2D eigenvalue weighted by atomic mass is 32.2. The van der Waals surface area contributed by atoms with Crippen LogP contribution in [-0.4, -0.2) is 30.9 Å². The molecule has 0 saturated carbocycles. The van der Waals surface area contributed by atoms with Gasteiger partial charge in [-0.25, -0.2) is 8.42 Å². The van der Waals surface area contributed by atoms with E-state index in [4.69, 9.17) is 0 Å². The lowest BCUT2D eigenvalue weighted by molar-refractivity contribution is 0.600. The molecule has 2 heterocycles. The van der Waals surface area contributed by atoms with Crippen LogP contribution < -0.4 is 9.62 Å². The summed E-state index contributed by atoms with van der Waals surface area (Å²) in [6.45, 7) is 0.843. The van der Waals surface area contributed by atoms with Gasteiger partial charge in [-0.15, -0.1) is 10.2 Å². The standard InChI is InChI=1S/C20H20N4O2S/c25-27(26,15-13-16-6-2-1-3-7-16)23-19-10-11-20(22-21-19)24-14-12-17-8-4-5-9-18(17)24/h1-11H,12-15H2,(H,21,23). The van der Waals surface area contributed by atoms with Gasteiger partial charge in [-0.2, -0.15) is 0 Å². The Labute approximate surface area is 158 Å². The lowest BCUT2D eigenvalue weighted by atomic mass is 10.2. The quantitative estimate of drug-likeness (QED) is 0.711. The van der Waals surface area contributed by atoms with Crippen molar-refractivity contribution in [3.8, 4) is 0 Å². The Bertz CT molecular complexity index is 1020. The number of fused-ring (bicyclic) bond motifs is 1. The molecule has 0 aliphatic carbocycles. The molecule has 3 aromatic rings. The van der Waals surface area contributed by atoms with Crippen LogP contribution in [0.5, 0.6) is 0 Å². The first-order valence-electron chi connectivity index (χ1n) is 8.84. The normalized spacial score (nSPS) is 13.4. The minimum atomic E-state index is -3.48. The fourth-order valence-corrected chi connectivity index (χ4v) is 4.24. The van der Waals surface area contributed by atoms with Gasteiger partial charge in [0.25, 0.3) is 0 Å². The van der Waals surface area contributed by atoms with Gasteiger partial charge in [-0.1, -0.05) is 48.5 Å². The number of hydrogen-bond donors (Lipinski definition) is 1. The number of anilines is 3. The van der Waals surface area contributed by atoms with Gasteiger partial charge in [-0.05, 0) is 42.2 Å². The fraction of sp³-hybridized carbons (Fsp3) is 0.200. The topological polar surface area (TPSA) is 75.2 Å². The number of hydrogen-bond acceptors (Lipinski definition) is 5. The second kappa shape index (κ2) is 7.36. The number of sulfonamides is 1. The van der Waals surface area contributed by atoms with E-state index in [0.29, 0.717) is 12.2 Å². The Morgan fingerprint density at radius 3 is 2.48 bits per heavy atom. The summed E-state index contributed by atoms with van der Waals surface area (Å²) in [5.41, 5.74) is 3.39. The number of aromatic nitrogens is 2. The molecule has 0 amide bonds. The van der Waals surface area contributed by atoms with Gasteiger partial charge in [0.05, 0.1) is 5.75 Å². The summed E-state index contributed by atoms with van der Waals surface area (Å²) in [6.07, 6.45) is 1.41. The van der Waals surface area contributed by atoms with Gasteiger partial charge in [0.1, 0.15) is 0 Å². The van der Waals surface area contributed by atoms with Crippen LogP contribution in [0.1, 0.15) is 11.1 Å². The number of rotatable bonds is 6. The summed E-state index contributed by atoms with van der Waals surface area (Å²) in [7, 11) is -3.48. The lowest BCUT2D eigenvalue weighted by Gasteiger charge is -2.17. The van der Waals surface area contributed by atoms with E-state index in [2.05, 4.69) is 32.0 Å². The average molecular weight is 380 g/mol. The molecule has 0 bridgehead atoms. The number of para-hydroxylation sites is 1. The Morgan fingerprint density at radius 1 is 0.926 bits per heavy atom. The largest absolute Gasteiger partial charge is 0.324 e. The molecule has 1 aliphatic rings. The first-order valence-corrected chi connectivity index (χ1v) is 10.5. The van der Waals surface area contributed by atoms with Gasteiger partial charge < -0.3 is 4.90 Å². The maximum Gasteiger partial charge on any atom is 0.234 e. The van der Waals surface area contributed by atoms with Crippen molar-refractivity contribution in [2.75, 3.05) is 21.9 Å². The molecule has 0 radical (unpaired) electrons. The number of aryl methyl sites for hydroxylation is 1. The Hall–Kier alpha value is -2.93. The molecule has 27 heavy (non-hydrogen) atoms. The molecule has 138 valence electrons. The van der Waals surface area contributed by atoms with Crippen LogP contribution in [0.3, 0.4) is 0 Å². The van der Waals surface area contributed by atoms with E-state index < -0.39 is 10.0 Å².